The average Bonchev–Trinajstić information content (AvgIpc) is 3.37. The molecule has 3 heterocycles. The molecule has 0 saturated heterocycles. The van der Waals surface area contributed by atoms with E-state index in [0.717, 1.165) is 11.4 Å². The number of carbonyl (C=O) groups excluding carboxylic acids is 2. The molecule has 0 fully saturated rings. The number of urea groups is 1. The minimum absolute atomic E-state index is 0.142. The number of nitrogens with zero attached hydrogens (tertiary/aromatic N) is 3. The lowest BCUT2D eigenvalue weighted by molar-refractivity contribution is -0.120. The van der Waals surface area contributed by atoms with Crippen molar-refractivity contribution in [2.45, 2.75) is 19.0 Å². The molecule has 9 nitrogen and oxygen atoms in total. The van der Waals surface area contributed by atoms with Crippen LogP contribution in [0, 0.1) is 0 Å². The van der Waals surface area contributed by atoms with Crippen molar-refractivity contribution in [3.8, 4) is 0 Å². The maximum Gasteiger partial charge on any atom is 0.315 e. The maximum atomic E-state index is 12.3. The Morgan fingerprint density at radius 2 is 2.11 bits per heavy atom. The predicted octanol–water partition coefficient (Wildman–Crippen LogP) is 1.73. The van der Waals surface area contributed by atoms with Crippen LogP contribution in [0.5, 0.6) is 0 Å². The van der Waals surface area contributed by atoms with Gasteiger partial charge in [-0.15, -0.1) is 10.2 Å². The van der Waals surface area contributed by atoms with Gasteiger partial charge in [0, 0.05) is 6.20 Å². The molecular weight excluding hydrogens is 380 g/mol. The Kier molecular flexibility index (Phi) is 6.90. The van der Waals surface area contributed by atoms with E-state index < -0.39 is 6.03 Å². The summed E-state index contributed by atoms with van der Waals surface area (Å²) >= 11 is 1.69. The van der Waals surface area contributed by atoms with Crippen molar-refractivity contribution >= 4 is 29.3 Å². The highest BCUT2D eigenvalue weighted by atomic mass is 32.2. The van der Waals surface area contributed by atoms with Crippen LogP contribution in [0.15, 0.2) is 47.2 Å². The molecule has 0 aliphatic rings. The molecule has 10 heteroatoms. The molecule has 0 unspecified atom stereocenters. The van der Waals surface area contributed by atoms with E-state index in [1.807, 2.05) is 35.1 Å². The van der Waals surface area contributed by atoms with E-state index >= 15 is 0 Å². The first-order chi connectivity index (χ1) is 13.7. The van der Waals surface area contributed by atoms with Crippen LogP contribution in [0.25, 0.3) is 5.65 Å². The summed E-state index contributed by atoms with van der Waals surface area (Å²) in [5, 5.41) is 16.5. The van der Waals surface area contributed by atoms with Gasteiger partial charge in [-0.3, -0.25) is 9.20 Å². The summed E-state index contributed by atoms with van der Waals surface area (Å²) in [5.41, 5.74) is 0.719. The van der Waals surface area contributed by atoms with Crippen LogP contribution in [0.3, 0.4) is 0 Å². The van der Waals surface area contributed by atoms with Crippen LogP contribution < -0.4 is 16.0 Å². The highest BCUT2D eigenvalue weighted by Crippen LogP contribution is 2.18. The van der Waals surface area contributed by atoms with Crippen molar-refractivity contribution in [1.82, 2.24) is 30.5 Å². The number of nitrogens with one attached hydrogen (secondary N) is 3. The highest BCUT2D eigenvalue weighted by Gasteiger charge is 2.20. The first-order valence-corrected chi connectivity index (χ1v) is 10.2. The van der Waals surface area contributed by atoms with Gasteiger partial charge >= 0.3 is 6.03 Å². The zero-order valence-electron chi connectivity index (χ0n) is 15.4. The first kappa shape index (κ1) is 19.7. The fourth-order valence-corrected chi connectivity index (χ4v) is 3.12. The molecule has 148 valence electrons. The highest BCUT2D eigenvalue weighted by molar-refractivity contribution is 7.98. The summed E-state index contributed by atoms with van der Waals surface area (Å²) in [6.07, 6.45) is 6.10. The summed E-state index contributed by atoms with van der Waals surface area (Å²) in [6.45, 7) is 0.110. The van der Waals surface area contributed by atoms with E-state index in [2.05, 4.69) is 26.1 Å². The lowest BCUT2D eigenvalue weighted by Crippen LogP contribution is -2.43. The van der Waals surface area contributed by atoms with Gasteiger partial charge < -0.3 is 20.4 Å². The summed E-state index contributed by atoms with van der Waals surface area (Å²) < 4.78 is 6.99. The number of hydrogen-bond donors (Lipinski definition) is 3. The minimum atomic E-state index is -0.444. The van der Waals surface area contributed by atoms with Crippen LogP contribution >= 0.6 is 11.8 Å². The fourth-order valence-electron chi connectivity index (χ4n) is 2.65. The van der Waals surface area contributed by atoms with Crippen molar-refractivity contribution in [2.24, 2.45) is 0 Å². The molecule has 3 amide bonds. The van der Waals surface area contributed by atoms with Gasteiger partial charge in [-0.05, 0) is 42.7 Å². The van der Waals surface area contributed by atoms with Crippen LogP contribution in [-0.2, 0) is 11.3 Å². The minimum Gasteiger partial charge on any atom is -0.467 e. The monoisotopic (exact) mass is 402 g/mol. The van der Waals surface area contributed by atoms with E-state index in [9.17, 15) is 9.59 Å². The Hall–Kier alpha value is -3.01. The predicted molar refractivity (Wildman–Crippen MR) is 106 cm³/mol. The molecule has 3 aromatic heterocycles. The Morgan fingerprint density at radius 3 is 2.89 bits per heavy atom. The summed E-state index contributed by atoms with van der Waals surface area (Å²) in [5.74, 6) is 1.85. The number of rotatable bonds is 9. The lowest BCUT2D eigenvalue weighted by atomic mass is 10.2. The second-order valence-corrected chi connectivity index (χ2v) is 6.99. The number of amides is 3. The van der Waals surface area contributed by atoms with Crippen LogP contribution in [0.2, 0.25) is 0 Å². The molecule has 3 aromatic rings. The molecule has 3 N–H and O–H groups in total. The molecular formula is C18H22N6O3S. The van der Waals surface area contributed by atoms with Crippen molar-refractivity contribution in [2.75, 3.05) is 18.6 Å². The van der Waals surface area contributed by atoms with Crippen molar-refractivity contribution < 1.29 is 14.0 Å². The van der Waals surface area contributed by atoms with Gasteiger partial charge in [0.2, 0.25) is 5.91 Å². The Balaban J connectivity index is 1.55. The van der Waals surface area contributed by atoms with Gasteiger partial charge in [0.1, 0.15) is 5.76 Å². The lowest BCUT2D eigenvalue weighted by Gasteiger charge is -2.17. The molecule has 0 aliphatic carbocycles. The van der Waals surface area contributed by atoms with Gasteiger partial charge in [-0.25, -0.2) is 4.79 Å². The second kappa shape index (κ2) is 9.79. The van der Waals surface area contributed by atoms with Gasteiger partial charge in [0.25, 0.3) is 0 Å². The van der Waals surface area contributed by atoms with E-state index in [4.69, 9.17) is 4.42 Å². The number of pyridine rings is 1. The molecule has 0 aliphatic heterocycles. The zero-order chi connectivity index (χ0) is 19.8. The number of fused-ring (bicyclic) bond motifs is 1. The molecule has 3 rings (SSSR count). The quantitative estimate of drug-likeness (QED) is 0.502. The molecule has 0 radical (unpaired) electrons. The fraction of sp³-hybridized carbons (Fsp3) is 0.333. The Morgan fingerprint density at radius 1 is 1.21 bits per heavy atom. The molecule has 0 spiro atoms. The van der Waals surface area contributed by atoms with Gasteiger partial charge in [-0.1, -0.05) is 6.07 Å². The van der Waals surface area contributed by atoms with Gasteiger partial charge in [0.05, 0.1) is 25.4 Å². The summed E-state index contributed by atoms with van der Waals surface area (Å²) in [7, 11) is 0. The third kappa shape index (κ3) is 5.26. The van der Waals surface area contributed by atoms with E-state index in [0.29, 0.717) is 18.0 Å². The standard InChI is InChI=1S/C18H22N6O3S/c1-28-10-7-14(17-23-22-15-6-2-3-8-24(15)17)21-16(25)12-20-18(26)19-11-13-5-4-9-27-13/h2-6,8-9,14H,7,10-12H2,1H3,(H,21,25)(H2,19,20,26)/t14-/m0/s1. The van der Waals surface area contributed by atoms with Crippen molar-refractivity contribution in [3.05, 3.63) is 54.4 Å². The maximum absolute atomic E-state index is 12.3. The largest absolute Gasteiger partial charge is 0.467 e. The number of thioether (sulfide) groups is 1. The summed E-state index contributed by atoms with van der Waals surface area (Å²) in [4.78, 5) is 24.2. The van der Waals surface area contributed by atoms with Gasteiger partial charge in [0.15, 0.2) is 11.5 Å². The van der Waals surface area contributed by atoms with Crippen LogP contribution in [0.1, 0.15) is 24.0 Å². The Labute approximate surface area is 166 Å². The van der Waals surface area contributed by atoms with E-state index in [-0.39, 0.29) is 25.0 Å². The van der Waals surface area contributed by atoms with E-state index in [1.165, 1.54) is 6.26 Å². The second-order valence-electron chi connectivity index (χ2n) is 6.00. The Bertz CT molecular complexity index is 911. The smallest absolute Gasteiger partial charge is 0.315 e. The summed E-state index contributed by atoms with van der Waals surface area (Å²) in [6, 6.07) is 8.38. The van der Waals surface area contributed by atoms with E-state index in [1.54, 1.807) is 23.9 Å². The van der Waals surface area contributed by atoms with Crippen molar-refractivity contribution in [1.29, 1.82) is 0 Å². The third-order valence-electron chi connectivity index (χ3n) is 4.01. The van der Waals surface area contributed by atoms with Crippen LogP contribution in [0.4, 0.5) is 4.79 Å². The number of hydrogen-bond acceptors (Lipinski definition) is 6. The number of aromatic nitrogens is 3. The average molecular weight is 402 g/mol. The number of furan rings is 1. The molecule has 0 aromatic carbocycles. The zero-order valence-corrected chi connectivity index (χ0v) is 16.2. The molecule has 1 atom stereocenters. The topological polar surface area (TPSA) is 114 Å². The van der Waals surface area contributed by atoms with Crippen molar-refractivity contribution in [3.63, 3.8) is 0 Å². The molecule has 28 heavy (non-hydrogen) atoms. The van der Waals surface area contributed by atoms with Gasteiger partial charge in [-0.2, -0.15) is 11.8 Å². The normalized spacial score (nSPS) is 11.9. The van der Waals surface area contributed by atoms with Crippen LogP contribution in [-0.4, -0.2) is 45.1 Å². The molecule has 0 bridgehead atoms. The third-order valence-corrected chi connectivity index (χ3v) is 4.65. The molecule has 0 saturated carbocycles. The SMILES string of the molecule is CSCC[C@H](NC(=O)CNC(=O)NCc1ccco1)c1nnc2ccccn12. The number of carbonyl (C=O) groups is 2. The first-order valence-electron chi connectivity index (χ1n) is 8.79.